The number of nitrogens with one attached hydrogen (secondary N) is 1. The van der Waals surface area contributed by atoms with Crippen molar-refractivity contribution in [1.29, 1.82) is 0 Å². The largest absolute Gasteiger partial charge is 0.461 e. The van der Waals surface area contributed by atoms with E-state index in [-0.39, 0.29) is 5.91 Å². The van der Waals surface area contributed by atoms with Crippen LogP contribution in [-0.4, -0.2) is 49.8 Å². The fourth-order valence-corrected chi connectivity index (χ4v) is 3.98. The van der Waals surface area contributed by atoms with Gasteiger partial charge >= 0.3 is 5.97 Å². The van der Waals surface area contributed by atoms with Gasteiger partial charge in [-0.05, 0) is 43.3 Å². The SMILES string of the molecule is CCOC(=O)c1nc(-c2ccc(C(=O)Nc3ccc(N4CCOCC4)cc3)cc2)cs1. The number of benzene rings is 2. The lowest BCUT2D eigenvalue weighted by Crippen LogP contribution is -2.36. The van der Waals surface area contributed by atoms with Crippen molar-refractivity contribution in [3.05, 3.63) is 64.5 Å². The van der Waals surface area contributed by atoms with Crippen molar-refractivity contribution < 1.29 is 19.1 Å². The van der Waals surface area contributed by atoms with E-state index in [0.717, 1.165) is 43.2 Å². The molecule has 160 valence electrons. The van der Waals surface area contributed by atoms with Gasteiger partial charge in [0.15, 0.2) is 0 Å². The molecule has 1 aliphatic heterocycles. The van der Waals surface area contributed by atoms with E-state index >= 15 is 0 Å². The maximum atomic E-state index is 12.6. The molecule has 2 aromatic carbocycles. The molecule has 8 heteroatoms. The van der Waals surface area contributed by atoms with Crippen molar-refractivity contribution in [1.82, 2.24) is 4.98 Å². The van der Waals surface area contributed by atoms with Crippen LogP contribution in [0.2, 0.25) is 0 Å². The molecule has 1 saturated heterocycles. The van der Waals surface area contributed by atoms with E-state index < -0.39 is 5.97 Å². The fourth-order valence-electron chi connectivity index (χ4n) is 3.27. The van der Waals surface area contributed by atoms with Gasteiger partial charge in [-0.25, -0.2) is 9.78 Å². The van der Waals surface area contributed by atoms with Gasteiger partial charge in [0.25, 0.3) is 5.91 Å². The summed E-state index contributed by atoms with van der Waals surface area (Å²) in [4.78, 5) is 31.0. The average molecular weight is 438 g/mol. The van der Waals surface area contributed by atoms with Crippen LogP contribution in [-0.2, 0) is 9.47 Å². The maximum absolute atomic E-state index is 12.6. The minimum Gasteiger partial charge on any atom is -0.461 e. The van der Waals surface area contributed by atoms with Crippen molar-refractivity contribution >= 4 is 34.6 Å². The number of carbonyl (C=O) groups is 2. The number of thiazole rings is 1. The average Bonchev–Trinajstić information content (AvgIpc) is 3.31. The predicted molar refractivity (Wildman–Crippen MR) is 121 cm³/mol. The van der Waals surface area contributed by atoms with E-state index in [1.807, 2.05) is 36.4 Å². The molecule has 0 aliphatic carbocycles. The molecule has 0 saturated carbocycles. The van der Waals surface area contributed by atoms with E-state index in [4.69, 9.17) is 9.47 Å². The lowest BCUT2D eigenvalue weighted by molar-refractivity contribution is 0.0526. The third-order valence-electron chi connectivity index (χ3n) is 4.90. The van der Waals surface area contributed by atoms with Gasteiger partial charge in [-0.3, -0.25) is 4.79 Å². The molecule has 1 aliphatic rings. The summed E-state index contributed by atoms with van der Waals surface area (Å²) in [5, 5.41) is 5.05. The van der Waals surface area contributed by atoms with Crippen molar-refractivity contribution in [3.8, 4) is 11.3 Å². The molecule has 1 N–H and O–H groups in total. The maximum Gasteiger partial charge on any atom is 0.367 e. The first-order chi connectivity index (χ1) is 15.1. The highest BCUT2D eigenvalue weighted by atomic mass is 32.1. The lowest BCUT2D eigenvalue weighted by Gasteiger charge is -2.28. The number of hydrogen-bond acceptors (Lipinski definition) is 7. The zero-order valence-electron chi connectivity index (χ0n) is 17.2. The van der Waals surface area contributed by atoms with Crippen LogP contribution in [0.1, 0.15) is 27.1 Å². The molecule has 31 heavy (non-hydrogen) atoms. The third-order valence-corrected chi connectivity index (χ3v) is 5.72. The predicted octanol–water partition coefficient (Wildman–Crippen LogP) is 4.08. The molecule has 1 amide bonds. The van der Waals surface area contributed by atoms with Crippen LogP contribution >= 0.6 is 11.3 Å². The highest BCUT2D eigenvalue weighted by molar-refractivity contribution is 7.11. The molecule has 0 radical (unpaired) electrons. The molecule has 0 atom stereocenters. The normalized spacial score (nSPS) is 13.6. The van der Waals surface area contributed by atoms with Gasteiger partial charge in [0.05, 0.1) is 25.5 Å². The Morgan fingerprint density at radius 3 is 2.48 bits per heavy atom. The van der Waals surface area contributed by atoms with Crippen molar-refractivity contribution in [2.24, 2.45) is 0 Å². The molecule has 1 fully saturated rings. The van der Waals surface area contributed by atoms with Crippen LogP contribution in [0.5, 0.6) is 0 Å². The monoisotopic (exact) mass is 437 g/mol. The van der Waals surface area contributed by atoms with Crippen LogP contribution in [0, 0.1) is 0 Å². The minimum absolute atomic E-state index is 0.184. The van der Waals surface area contributed by atoms with E-state index in [1.54, 1.807) is 24.4 Å². The summed E-state index contributed by atoms with van der Waals surface area (Å²) in [5.41, 5.74) is 3.92. The summed E-state index contributed by atoms with van der Waals surface area (Å²) in [7, 11) is 0. The molecule has 1 aromatic heterocycles. The number of rotatable bonds is 6. The molecule has 0 unspecified atom stereocenters. The Hall–Kier alpha value is -3.23. The number of aromatic nitrogens is 1. The van der Waals surface area contributed by atoms with Gasteiger partial charge in [0.1, 0.15) is 0 Å². The van der Waals surface area contributed by atoms with Gasteiger partial charge in [0.2, 0.25) is 5.01 Å². The number of esters is 1. The van der Waals surface area contributed by atoms with Crippen molar-refractivity contribution in [3.63, 3.8) is 0 Å². The number of nitrogens with zero attached hydrogens (tertiary/aromatic N) is 2. The fraction of sp³-hybridized carbons (Fsp3) is 0.261. The van der Waals surface area contributed by atoms with Gasteiger partial charge in [0, 0.05) is 41.0 Å². The van der Waals surface area contributed by atoms with E-state index in [0.29, 0.717) is 22.9 Å². The summed E-state index contributed by atoms with van der Waals surface area (Å²) in [6.07, 6.45) is 0. The number of amides is 1. The third kappa shape index (κ3) is 5.10. The summed E-state index contributed by atoms with van der Waals surface area (Å²) in [6.45, 7) is 5.29. The minimum atomic E-state index is -0.422. The number of hydrogen-bond donors (Lipinski definition) is 1. The summed E-state index contributed by atoms with van der Waals surface area (Å²) < 4.78 is 10.4. The molecular weight excluding hydrogens is 414 g/mol. The van der Waals surface area contributed by atoms with E-state index in [1.165, 1.54) is 11.3 Å². The van der Waals surface area contributed by atoms with Crippen LogP contribution in [0.25, 0.3) is 11.3 Å². The summed E-state index contributed by atoms with van der Waals surface area (Å²) in [6, 6.07) is 15.0. The first-order valence-electron chi connectivity index (χ1n) is 10.1. The number of ether oxygens (including phenoxy) is 2. The quantitative estimate of drug-likeness (QED) is 0.586. The first kappa shape index (κ1) is 21.0. The van der Waals surface area contributed by atoms with Gasteiger partial charge < -0.3 is 19.7 Å². The Kier molecular flexibility index (Phi) is 6.59. The molecule has 4 rings (SSSR count). The lowest BCUT2D eigenvalue weighted by atomic mass is 10.1. The van der Waals surface area contributed by atoms with Crippen LogP contribution in [0.4, 0.5) is 11.4 Å². The second-order valence-electron chi connectivity index (χ2n) is 6.94. The number of morpholine rings is 1. The zero-order chi connectivity index (χ0) is 21.6. The van der Waals surface area contributed by atoms with Crippen molar-refractivity contribution in [2.45, 2.75) is 6.92 Å². The summed E-state index contributed by atoms with van der Waals surface area (Å²) in [5.74, 6) is -0.606. The molecule has 2 heterocycles. The molecule has 7 nitrogen and oxygen atoms in total. The Morgan fingerprint density at radius 2 is 1.81 bits per heavy atom. The van der Waals surface area contributed by atoms with Gasteiger partial charge in [-0.15, -0.1) is 11.3 Å². The molecule has 3 aromatic rings. The second kappa shape index (κ2) is 9.72. The molecular formula is C23H23N3O4S. The highest BCUT2D eigenvalue weighted by Crippen LogP contribution is 2.24. The van der Waals surface area contributed by atoms with Gasteiger partial charge in [-0.2, -0.15) is 0 Å². The molecule has 0 spiro atoms. The molecule has 0 bridgehead atoms. The Labute approximate surface area is 184 Å². The Bertz CT molecular complexity index is 1040. The standard InChI is InChI=1S/C23H23N3O4S/c1-2-30-23(28)22-25-20(15-31-22)16-3-5-17(6-4-16)21(27)24-18-7-9-19(10-8-18)26-11-13-29-14-12-26/h3-10,15H,2,11-14H2,1H3,(H,24,27). The smallest absolute Gasteiger partial charge is 0.367 e. The first-order valence-corrected chi connectivity index (χ1v) is 11.0. The Morgan fingerprint density at radius 1 is 1.10 bits per heavy atom. The Balaban J connectivity index is 1.38. The highest BCUT2D eigenvalue weighted by Gasteiger charge is 2.14. The van der Waals surface area contributed by atoms with Crippen LogP contribution in [0.3, 0.4) is 0 Å². The van der Waals surface area contributed by atoms with E-state index in [2.05, 4.69) is 15.2 Å². The van der Waals surface area contributed by atoms with E-state index in [9.17, 15) is 9.59 Å². The van der Waals surface area contributed by atoms with Crippen LogP contribution < -0.4 is 10.2 Å². The second-order valence-corrected chi connectivity index (χ2v) is 7.79. The number of anilines is 2. The van der Waals surface area contributed by atoms with Crippen molar-refractivity contribution in [2.75, 3.05) is 43.1 Å². The van der Waals surface area contributed by atoms with Gasteiger partial charge in [-0.1, -0.05) is 12.1 Å². The van der Waals surface area contributed by atoms with Crippen LogP contribution in [0.15, 0.2) is 53.9 Å². The zero-order valence-corrected chi connectivity index (χ0v) is 18.0. The number of carbonyl (C=O) groups excluding carboxylic acids is 2. The topological polar surface area (TPSA) is 80.8 Å². The summed E-state index contributed by atoms with van der Waals surface area (Å²) >= 11 is 1.24.